The number of esters is 2. The first kappa shape index (κ1) is 25.3. The minimum Gasteiger partial charge on any atom is -0.465 e. The van der Waals surface area contributed by atoms with Gasteiger partial charge in [0.1, 0.15) is 11.0 Å². The number of para-hydroxylation sites is 4. The van der Waals surface area contributed by atoms with Crippen molar-refractivity contribution in [3.63, 3.8) is 0 Å². The Balaban J connectivity index is 1.47. The zero-order valence-electron chi connectivity index (χ0n) is 22.5. The Labute approximate surface area is 230 Å². The van der Waals surface area contributed by atoms with Crippen molar-refractivity contribution in [3.8, 4) is 0 Å². The number of benzene rings is 4. The van der Waals surface area contributed by atoms with Crippen LogP contribution in [0.4, 0.5) is 0 Å². The average molecular weight is 531 g/mol. The number of hydrogen-bond donors (Lipinski definition) is 0. The van der Waals surface area contributed by atoms with E-state index in [0.29, 0.717) is 44.2 Å². The van der Waals surface area contributed by atoms with Crippen LogP contribution in [0.5, 0.6) is 0 Å². The summed E-state index contributed by atoms with van der Waals surface area (Å²) in [7, 11) is 2.71. The number of carbonyl (C=O) groups excluding carboxylic acids is 2. The number of ether oxygens (including phenoxy) is 2. The molecule has 198 valence electrons. The molecule has 0 spiro atoms. The van der Waals surface area contributed by atoms with Gasteiger partial charge in [0.05, 0.1) is 58.4 Å². The molecule has 0 amide bonds. The molecular formula is C32H26N4O4. The fourth-order valence-electron chi connectivity index (χ4n) is 5.30. The van der Waals surface area contributed by atoms with Crippen molar-refractivity contribution in [2.45, 2.75) is 25.7 Å². The lowest BCUT2D eigenvalue weighted by molar-refractivity contribution is 0.0594. The summed E-state index contributed by atoms with van der Waals surface area (Å²) in [5.41, 5.74) is 8.15. The van der Waals surface area contributed by atoms with Gasteiger partial charge in [-0.1, -0.05) is 50.2 Å². The molecule has 0 radical (unpaired) electrons. The van der Waals surface area contributed by atoms with Gasteiger partial charge in [-0.25, -0.2) is 29.5 Å². The predicted molar refractivity (Wildman–Crippen MR) is 154 cm³/mol. The van der Waals surface area contributed by atoms with Crippen LogP contribution in [0, 0.1) is 0 Å². The highest BCUT2D eigenvalue weighted by molar-refractivity contribution is 6.04. The number of hydrogen-bond acceptors (Lipinski definition) is 8. The minimum atomic E-state index is -0.444. The molecule has 8 nitrogen and oxygen atoms in total. The highest BCUT2D eigenvalue weighted by Crippen LogP contribution is 2.38. The number of methoxy groups -OCH3 is 2. The van der Waals surface area contributed by atoms with Crippen LogP contribution in [0.2, 0.25) is 0 Å². The van der Waals surface area contributed by atoms with E-state index in [1.807, 2.05) is 36.4 Å². The maximum absolute atomic E-state index is 12.3. The monoisotopic (exact) mass is 530 g/mol. The van der Waals surface area contributed by atoms with Gasteiger partial charge in [-0.3, -0.25) is 0 Å². The molecule has 0 saturated heterocycles. The molecule has 6 aromatic rings. The molecule has 2 heterocycles. The Hall–Kier alpha value is -4.98. The van der Waals surface area contributed by atoms with Gasteiger partial charge in [0.2, 0.25) is 0 Å². The Kier molecular flexibility index (Phi) is 6.30. The van der Waals surface area contributed by atoms with Gasteiger partial charge in [0, 0.05) is 0 Å². The lowest BCUT2D eigenvalue weighted by Gasteiger charge is -2.23. The topological polar surface area (TPSA) is 104 Å². The van der Waals surface area contributed by atoms with Gasteiger partial charge in [0.15, 0.2) is 0 Å². The van der Waals surface area contributed by atoms with Crippen LogP contribution in [0.15, 0.2) is 72.8 Å². The molecular weight excluding hydrogens is 504 g/mol. The van der Waals surface area contributed by atoms with Crippen molar-refractivity contribution >= 4 is 56.1 Å². The van der Waals surface area contributed by atoms with Gasteiger partial charge in [-0.2, -0.15) is 0 Å². The summed E-state index contributed by atoms with van der Waals surface area (Å²) < 4.78 is 9.89. The van der Waals surface area contributed by atoms with E-state index in [1.54, 1.807) is 24.3 Å². The Morgan fingerprint density at radius 2 is 0.850 bits per heavy atom. The standard InChI is InChI=1S/C32H26N4O4/c1-17(19-9-5-13-23-27(19)33-25-15-7-11-21(29(25)35-23)31(37)39-3)18(2)20-10-6-14-24-28(20)34-26-16-8-12-22(30(26)36-24)32(38)40-4/h5-18H,1-4H3. The number of rotatable bonds is 5. The lowest BCUT2D eigenvalue weighted by Crippen LogP contribution is -2.09. The van der Waals surface area contributed by atoms with Crippen LogP contribution in [-0.2, 0) is 9.47 Å². The molecule has 0 N–H and O–H groups in total. The third kappa shape index (κ3) is 4.09. The first-order valence-electron chi connectivity index (χ1n) is 13.0. The molecule has 8 heteroatoms. The van der Waals surface area contributed by atoms with Gasteiger partial charge in [-0.05, 0) is 59.4 Å². The Morgan fingerprint density at radius 1 is 0.525 bits per heavy atom. The van der Waals surface area contributed by atoms with Crippen molar-refractivity contribution in [2.24, 2.45) is 0 Å². The fourth-order valence-corrected chi connectivity index (χ4v) is 5.30. The summed E-state index contributed by atoms with van der Waals surface area (Å²) in [5, 5.41) is 0. The van der Waals surface area contributed by atoms with Crippen LogP contribution < -0.4 is 0 Å². The first-order valence-corrected chi connectivity index (χ1v) is 13.0. The molecule has 2 aromatic heterocycles. The van der Waals surface area contributed by atoms with E-state index in [4.69, 9.17) is 29.4 Å². The largest absolute Gasteiger partial charge is 0.465 e. The summed E-state index contributed by atoms with van der Waals surface area (Å²) in [4.78, 5) is 44.2. The molecule has 4 aromatic carbocycles. The number of nitrogens with zero attached hydrogens (tertiary/aromatic N) is 4. The van der Waals surface area contributed by atoms with Crippen molar-refractivity contribution < 1.29 is 19.1 Å². The minimum absolute atomic E-state index is 0.0451. The molecule has 0 aliphatic carbocycles. The smallest absolute Gasteiger partial charge is 0.340 e. The zero-order chi connectivity index (χ0) is 28.0. The molecule has 0 aliphatic rings. The van der Waals surface area contributed by atoms with Gasteiger partial charge < -0.3 is 9.47 Å². The predicted octanol–water partition coefficient (Wildman–Crippen LogP) is 6.36. The van der Waals surface area contributed by atoms with E-state index in [0.717, 1.165) is 22.2 Å². The average Bonchev–Trinajstić information content (AvgIpc) is 3.00. The number of aromatic nitrogens is 4. The molecule has 40 heavy (non-hydrogen) atoms. The van der Waals surface area contributed by atoms with Crippen LogP contribution >= 0.6 is 0 Å². The fraction of sp³-hybridized carbons (Fsp3) is 0.188. The molecule has 0 fully saturated rings. The molecule has 0 aliphatic heterocycles. The Bertz CT molecular complexity index is 1830. The van der Waals surface area contributed by atoms with Crippen LogP contribution in [0.3, 0.4) is 0 Å². The highest BCUT2D eigenvalue weighted by Gasteiger charge is 2.23. The van der Waals surface area contributed by atoms with Crippen molar-refractivity contribution in [2.75, 3.05) is 14.2 Å². The summed E-state index contributed by atoms with van der Waals surface area (Å²) >= 11 is 0. The second-order valence-corrected chi connectivity index (χ2v) is 9.78. The normalized spacial score (nSPS) is 13.0. The van der Waals surface area contributed by atoms with Crippen molar-refractivity contribution in [1.82, 2.24) is 19.9 Å². The number of fused-ring (bicyclic) bond motifs is 4. The maximum Gasteiger partial charge on any atom is 0.340 e. The van der Waals surface area contributed by atoms with Crippen molar-refractivity contribution in [3.05, 3.63) is 95.1 Å². The third-order valence-electron chi connectivity index (χ3n) is 7.59. The Morgan fingerprint density at radius 3 is 1.23 bits per heavy atom. The summed E-state index contributed by atoms with van der Waals surface area (Å²) in [6.07, 6.45) is 0. The van der Waals surface area contributed by atoms with E-state index in [2.05, 4.69) is 26.0 Å². The van der Waals surface area contributed by atoms with Gasteiger partial charge in [-0.15, -0.1) is 0 Å². The first-order chi connectivity index (χ1) is 19.4. The number of carbonyl (C=O) groups is 2. The molecule has 0 bridgehead atoms. The van der Waals surface area contributed by atoms with E-state index in [9.17, 15) is 9.59 Å². The molecule has 2 atom stereocenters. The second-order valence-electron chi connectivity index (χ2n) is 9.78. The van der Waals surface area contributed by atoms with E-state index in [1.165, 1.54) is 14.2 Å². The SMILES string of the molecule is COC(=O)c1cccc2nc3c(C(C)C(C)c4cccc5nc6c(C(=O)OC)cccc6nc45)cccc3nc12. The van der Waals surface area contributed by atoms with E-state index in [-0.39, 0.29) is 11.8 Å². The highest BCUT2D eigenvalue weighted by atomic mass is 16.5. The van der Waals surface area contributed by atoms with Crippen molar-refractivity contribution in [1.29, 1.82) is 0 Å². The zero-order valence-corrected chi connectivity index (χ0v) is 22.5. The van der Waals surface area contributed by atoms with Gasteiger partial charge in [0.25, 0.3) is 0 Å². The summed E-state index contributed by atoms with van der Waals surface area (Å²) in [6, 6.07) is 22.6. The lowest BCUT2D eigenvalue weighted by atomic mass is 9.83. The molecule has 6 rings (SSSR count). The van der Waals surface area contributed by atoms with Crippen LogP contribution in [0.1, 0.15) is 57.5 Å². The quantitative estimate of drug-likeness (QED) is 0.187. The maximum atomic E-state index is 12.3. The molecule has 0 saturated carbocycles. The third-order valence-corrected chi connectivity index (χ3v) is 7.59. The summed E-state index contributed by atoms with van der Waals surface area (Å²) in [6.45, 7) is 4.33. The van der Waals surface area contributed by atoms with E-state index < -0.39 is 11.9 Å². The van der Waals surface area contributed by atoms with Crippen LogP contribution in [0.25, 0.3) is 44.1 Å². The second kappa shape index (κ2) is 9.96. The van der Waals surface area contributed by atoms with E-state index >= 15 is 0 Å². The molecule has 2 unspecified atom stereocenters. The van der Waals surface area contributed by atoms with Gasteiger partial charge >= 0.3 is 11.9 Å². The van der Waals surface area contributed by atoms with Crippen LogP contribution in [-0.4, -0.2) is 46.1 Å². The summed E-state index contributed by atoms with van der Waals surface area (Å²) in [5.74, 6) is -0.797.